The molecule has 1 aliphatic carbocycles. The Morgan fingerprint density at radius 3 is 2.38 bits per heavy atom. The summed E-state index contributed by atoms with van der Waals surface area (Å²) in [5.74, 6) is 1.03. The Bertz CT molecular complexity index is 1270. The maximum Gasteiger partial charge on any atom is 0.176 e. The van der Waals surface area contributed by atoms with Gasteiger partial charge in [0, 0.05) is 23.7 Å². The molecule has 42 heavy (non-hydrogen) atoms. The first-order valence-electron chi connectivity index (χ1n) is 15.7. The summed E-state index contributed by atoms with van der Waals surface area (Å²) in [6.45, 7) is 12.2. The number of carbonyl (C=O) groups is 1. The number of methoxy groups -OCH3 is 1. The van der Waals surface area contributed by atoms with Gasteiger partial charge in [0.15, 0.2) is 17.3 Å². The minimum Gasteiger partial charge on any atom is -0.503 e. The molecule has 6 nitrogen and oxygen atoms in total. The smallest absolute Gasteiger partial charge is 0.176 e. The number of nitrogens with two attached hydrogens (primary N) is 1. The lowest BCUT2D eigenvalue weighted by Crippen LogP contribution is -2.26. The number of unbranched alkanes of at least 4 members (excludes halogenated alkanes) is 1. The quantitative estimate of drug-likeness (QED) is 0.201. The third kappa shape index (κ3) is 9.60. The van der Waals surface area contributed by atoms with Gasteiger partial charge in [0.05, 0.1) is 28.9 Å². The molecule has 1 heterocycles. The van der Waals surface area contributed by atoms with Crippen LogP contribution in [0.5, 0.6) is 11.5 Å². The molecule has 0 saturated heterocycles. The molecule has 4 rings (SSSR count). The van der Waals surface area contributed by atoms with Crippen LogP contribution in [0, 0.1) is 5.92 Å². The first-order valence-corrected chi connectivity index (χ1v) is 16.1. The van der Waals surface area contributed by atoms with E-state index in [9.17, 15) is 9.90 Å². The molecule has 0 spiro atoms. The second-order valence-electron chi connectivity index (χ2n) is 10.9. The van der Waals surface area contributed by atoms with Crippen molar-refractivity contribution in [2.75, 3.05) is 12.4 Å². The number of phenols is 1. The van der Waals surface area contributed by atoms with Crippen molar-refractivity contribution >= 4 is 34.0 Å². The van der Waals surface area contributed by atoms with Crippen molar-refractivity contribution in [2.24, 2.45) is 11.7 Å². The number of nitrogens with one attached hydrogen (secondary N) is 1. The van der Waals surface area contributed by atoms with Gasteiger partial charge in [-0.25, -0.2) is 0 Å². The number of ether oxygens (including phenoxy) is 1. The minimum atomic E-state index is -0.0794. The highest BCUT2D eigenvalue weighted by molar-refractivity contribution is 6.32. The molecule has 1 saturated carbocycles. The number of hydrogen-bond acceptors (Lipinski definition) is 6. The van der Waals surface area contributed by atoms with Gasteiger partial charge in [-0.1, -0.05) is 71.5 Å². The first kappa shape index (κ1) is 35.4. The molecule has 0 radical (unpaired) electrons. The largest absolute Gasteiger partial charge is 0.503 e. The summed E-state index contributed by atoms with van der Waals surface area (Å²) >= 11 is 6.22. The van der Waals surface area contributed by atoms with Crippen LogP contribution in [0.2, 0.25) is 5.02 Å². The Hall–Kier alpha value is -2.83. The van der Waals surface area contributed by atoms with Crippen molar-refractivity contribution in [1.29, 1.82) is 0 Å². The molecule has 2 aromatic carbocycles. The molecule has 1 aromatic heterocycles. The number of Topliss-reactive ketones (excluding diaryl/α,β-unsaturated/α-hetero) is 1. The van der Waals surface area contributed by atoms with Gasteiger partial charge in [-0.15, -0.1) is 0 Å². The normalized spacial score (nSPS) is 16.9. The maximum atomic E-state index is 12.4. The van der Waals surface area contributed by atoms with Gasteiger partial charge in [0.2, 0.25) is 0 Å². The average molecular weight is 598 g/mol. The van der Waals surface area contributed by atoms with Crippen LogP contribution in [0.15, 0.2) is 36.5 Å². The van der Waals surface area contributed by atoms with E-state index in [1.807, 2.05) is 32.0 Å². The SMILES string of the molecule is CC.CCC1CCC(Nc2c(C(C)=O)cnc3ccc(-c4cc(Cl)c(O)c(OC)c4)cc23)CC1.CCCCC(N)CC. The summed E-state index contributed by atoms with van der Waals surface area (Å²) in [7, 11) is 1.49. The molecule has 4 N–H and O–H groups in total. The van der Waals surface area contributed by atoms with E-state index in [0.29, 0.717) is 23.4 Å². The monoisotopic (exact) mass is 597 g/mol. The van der Waals surface area contributed by atoms with Crippen LogP contribution in [0.4, 0.5) is 5.69 Å². The third-order valence-electron chi connectivity index (χ3n) is 8.05. The molecule has 0 aliphatic heterocycles. The van der Waals surface area contributed by atoms with Crippen LogP contribution in [-0.4, -0.2) is 35.1 Å². The zero-order valence-corrected chi connectivity index (χ0v) is 27.5. The van der Waals surface area contributed by atoms with Gasteiger partial charge >= 0.3 is 0 Å². The number of fused-ring (bicyclic) bond motifs is 1. The molecule has 1 aliphatic rings. The van der Waals surface area contributed by atoms with Crippen LogP contribution >= 0.6 is 11.6 Å². The van der Waals surface area contributed by atoms with Gasteiger partial charge in [-0.05, 0) is 86.8 Å². The van der Waals surface area contributed by atoms with E-state index >= 15 is 0 Å². The number of aromatic nitrogens is 1. The number of nitrogens with zero attached hydrogens (tertiary/aromatic N) is 1. The number of aromatic hydroxyl groups is 1. The Morgan fingerprint density at radius 2 is 1.81 bits per heavy atom. The highest BCUT2D eigenvalue weighted by atomic mass is 35.5. The molecular formula is C35H52ClN3O3. The number of carbonyl (C=O) groups excluding carboxylic acids is 1. The van der Waals surface area contributed by atoms with Crippen LogP contribution < -0.4 is 15.8 Å². The fourth-order valence-corrected chi connectivity index (χ4v) is 5.49. The van der Waals surface area contributed by atoms with Crippen LogP contribution in [0.1, 0.15) is 110 Å². The summed E-state index contributed by atoms with van der Waals surface area (Å²) in [4.78, 5) is 17.0. The molecule has 7 heteroatoms. The fraction of sp³-hybridized carbons (Fsp3) is 0.543. The van der Waals surface area contributed by atoms with Crippen molar-refractivity contribution < 1.29 is 14.6 Å². The first-order chi connectivity index (χ1) is 20.2. The van der Waals surface area contributed by atoms with E-state index in [-0.39, 0.29) is 16.6 Å². The molecular weight excluding hydrogens is 546 g/mol. The van der Waals surface area contributed by atoms with E-state index in [0.717, 1.165) is 52.9 Å². The van der Waals surface area contributed by atoms with E-state index in [1.54, 1.807) is 25.3 Å². The molecule has 1 fully saturated rings. The molecule has 0 amide bonds. The van der Waals surface area contributed by atoms with Crippen LogP contribution in [-0.2, 0) is 0 Å². The Kier molecular flexibility index (Phi) is 15.1. The zero-order valence-electron chi connectivity index (χ0n) is 26.7. The average Bonchev–Trinajstić information content (AvgIpc) is 3.02. The van der Waals surface area contributed by atoms with Gasteiger partial charge in [-0.2, -0.15) is 0 Å². The second-order valence-corrected chi connectivity index (χ2v) is 11.3. The lowest BCUT2D eigenvalue weighted by Gasteiger charge is -2.30. The third-order valence-corrected chi connectivity index (χ3v) is 8.34. The predicted octanol–water partition coefficient (Wildman–Crippen LogP) is 9.79. The van der Waals surface area contributed by atoms with Crippen molar-refractivity contribution in [3.63, 3.8) is 0 Å². The summed E-state index contributed by atoms with van der Waals surface area (Å²) in [6.07, 6.45) is 12.4. The number of rotatable bonds is 10. The lowest BCUT2D eigenvalue weighted by molar-refractivity contribution is 0.101. The Morgan fingerprint density at radius 1 is 1.12 bits per heavy atom. The van der Waals surface area contributed by atoms with Crippen LogP contribution in [0.25, 0.3) is 22.0 Å². The molecule has 1 atom stereocenters. The van der Waals surface area contributed by atoms with Crippen molar-refractivity contribution in [3.05, 3.63) is 47.1 Å². The minimum absolute atomic E-state index is 0.0103. The number of benzene rings is 2. The number of phenolic OH excluding ortho intramolecular Hbond substituents is 1. The van der Waals surface area contributed by atoms with Crippen molar-refractivity contribution in [2.45, 2.75) is 111 Å². The van der Waals surface area contributed by atoms with E-state index in [4.69, 9.17) is 22.1 Å². The molecule has 3 aromatic rings. The van der Waals surface area contributed by atoms with Gasteiger partial charge in [-0.3, -0.25) is 9.78 Å². The van der Waals surface area contributed by atoms with Crippen molar-refractivity contribution in [1.82, 2.24) is 4.98 Å². The standard InChI is InChI=1S/C26H29ClN2O3.C7H17N.C2H6/c1-4-16-5-8-19(9-6-16)29-25-20-11-17(7-10-23(20)28-14-21(25)15(2)30)18-12-22(27)26(31)24(13-18)32-3;1-3-5-6-7(8)4-2;1-2/h7,10-14,16,19,31H,4-6,8-9H2,1-3H3,(H,28,29);7H,3-6,8H2,1-2H3;1-2H3. The molecule has 0 bridgehead atoms. The van der Waals surface area contributed by atoms with Gasteiger partial charge in [0.1, 0.15) is 0 Å². The number of pyridine rings is 1. The number of halogens is 1. The summed E-state index contributed by atoms with van der Waals surface area (Å²) in [5, 5.41) is 14.9. The molecule has 232 valence electrons. The van der Waals surface area contributed by atoms with E-state index in [1.165, 1.54) is 45.6 Å². The van der Waals surface area contributed by atoms with E-state index in [2.05, 4.69) is 31.1 Å². The fourth-order valence-electron chi connectivity index (χ4n) is 5.28. The highest BCUT2D eigenvalue weighted by Gasteiger charge is 2.23. The van der Waals surface area contributed by atoms with Gasteiger partial charge < -0.3 is 20.9 Å². The summed E-state index contributed by atoms with van der Waals surface area (Å²) in [6, 6.07) is 10.2. The number of hydrogen-bond donors (Lipinski definition) is 3. The maximum absolute atomic E-state index is 12.4. The number of anilines is 1. The lowest BCUT2D eigenvalue weighted by atomic mass is 9.84. The summed E-state index contributed by atoms with van der Waals surface area (Å²) < 4.78 is 5.26. The predicted molar refractivity (Wildman–Crippen MR) is 179 cm³/mol. The summed E-state index contributed by atoms with van der Waals surface area (Å²) in [5.41, 5.74) is 9.65. The Labute approximate surface area is 258 Å². The number of ketones is 1. The second kappa shape index (κ2) is 18.0. The zero-order chi connectivity index (χ0) is 31.2. The van der Waals surface area contributed by atoms with E-state index < -0.39 is 0 Å². The topological polar surface area (TPSA) is 97.5 Å². The van der Waals surface area contributed by atoms with Crippen LogP contribution in [0.3, 0.4) is 0 Å². The highest BCUT2D eigenvalue weighted by Crippen LogP contribution is 2.40. The van der Waals surface area contributed by atoms with Gasteiger partial charge in [0.25, 0.3) is 0 Å². The van der Waals surface area contributed by atoms with Crippen molar-refractivity contribution in [3.8, 4) is 22.6 Å². The Balaban J connectivity index is 0.000000535. The molecule has 1 unspecified atom stereocenters.